The molecule has 138 valence electrons. The van der Waals surface area contributed by atoms with Crippen LogP contribution >= 0.6 is 0 Å². The maximum atomic E-state index is 12.3. The molecule has 1 aromatic carbocycles. The van der Waals surface area contributed by atoms with Gasteiger partial charge < -0.3 is 15.4 Å². The number of rotatable bonds is 5. The van der Waals surface area contributed by atoms with Crippen LogP contribution < -0.4 is 10.6 Å². The van der Waals surface area contributed by atoms with Gasteiger partial charge >= 0.3 is 0 Å². The first-order chi connectivity index (χ1) is 13.0. The summed E-state index contributed by atoms with van der Waals surface area (Å²) in [4.78, 5) is 28.8. The number of nitrogens with zero attached hydrogens (tertiary/aromatic N) is 2. The van der Waals surface area contributed by atoms with Crippen molar-refractivity contribution in [3.05, 3.63) is 54.0 Å². The molecule has 0 spiro atoms. The van der Waals surface area contributed by atoms with Gasteiger partial charge in [-0.15, -0.1) is 0 Å². The maximum Gasteiger partial charge on any atom is 0.270 e. The summed E-state index contributed by atoms with van der Waals surface area (Å²) in [5, 5.41) is 13.6. The normalized spacial score (nSPS) is 15.1. The second-order valence-electron chi connectivity index (χ2n) is 6.95. The van der Waals surface area contributed by atoms with Crippen molar-refractivity contribution in [1.29, 1.82) is 0 Å². The number of H-pyrrole nitrogens is 1. The van der Waals surface area contributed by atoms with Gasteiger partial charge in [-0.3, -0.25) is 19.7 Å². The number of hydrogen-bond donors (Lipinski definition) is 3. The van der Waals surface area contributed by atoms with E-state index < -0.39 is 0 Å². The molecule has 0 aliphatic carbocycles. The Labute approximate surface area is 155 Å². The van der Waals surface area contributed by atoms with Crippen LogP contribution in [0.3, 0.4) is 0 Å². The Bertz CT molecular complexity index is 1010. The SMILES string of the molecule is CC1(NC(=O)c2cc(NC(=O)Cc3ccc4cn[nH]c4c3)ccn2)COC1. The first-order valence-electron chi connectivity index (χ1n) is 8.59. The van der Waals surface area contributed by atoms with Crippen molar-refractivity contribution >= 4 is 28.4 Å². The van der Waals surface area contributed by atoms with E-state index in [1.165, 1.54) is 6.20 Å². The van der Waals surface area contributed by atoms with Crippen LogP contribution in [-0.4, -0.2) is 45.7 Å². The molecule has 0 unspecified atom stereocenters. The van der Waals surface area contributed by atoms with E-state index in [1.54, 1.807) is 18.3 Å². The van der Waals surface area contributed by atoms with E-state index in [4.69, 9.17) is 4.74 Å². The second-order valence-corrected chi connectivity index (χ2v) is 6.95. The lowest BCUT2D eigenvalue weighted by Crippen LogP contribution is -2.60. The molecule has 4 rings (SSSR count). The van der Waals surface area contributed by atoms with Crippen LogP contribution in [0.4, 0.5) is 5.69 Å². The first kappa shape index (κ1) is 17.2. The smallest absolute Gasteiger partial charge is 0.270 e. The van der Waals surface area contributed by atoms with Gasteiger partial charge in [0.15, 0.2) is 0 Å². The fraction of sp³-hybridized carbons (Fsp3) is 0.263. The van der Waals surface area contributed by atoms with Crippen molar-refractivity contribution in [3.8, 4) is 0 Å². The van der Waals surface area contributed by atoms with Gasteiger partial charge in [-0.1, -0.05) is 12.1 Å². The Morgan fingerprint density at radius 1 is 1.26 bits per heavy atom. The summed E-state index contributed by atoms with van der Waals surface area (Å²) in [6, 6.07) is 8.93. The molecule has 8 heteroatoms. The summed E-state index contributed by atoms with van der Waals surface area (Å²) in [5.74, 6) is -0.465. The third-order valence-electron chi connectivity index (χ3n) is 4.40. The van der Waals surface area contributed by atoms with Crippen LogP contribution in [0.25, 0.3) is 10.9 Å². The monoisotopic (exact) mass is 365 g/mol. The fourth-order valence-electron chi connectivity index (χ4n) is 2.94. The summed E-state index contributed by atoms with van der Waals surface area (Å²) in [6.45, 7) is 2.88. The number of anilines is 1. The van der Waals surface area contributed by atoms with Crippen molar-refractivity contribution in [2.45, 2.75) is 18.9 Å². The van der Waals surface area contributed by atoms with E-state index in [-0.39, 0.29) is 29.5 Å². The minimum absolute atomic E-state index is 0.175. The third-order valence-corrected chi connectivity index (χ3v) is 4.40. The Balaban J connectivity index is 1.41. The quantitative estimate of drug-likeness (QED) is 0.637. The van der Waals surface area contributed by atoms with E-state index in [0.29, 0.717) is 18.9 Å². The fourth-order valence-corrected chi connectivity index (χ4v) is 2.94. The zero-order valence-electron chi connectivity index (χ0n) is 14.8. The van der Waals surface area contributed by atoms with Crippen LogP contribution in [0.2, 0.25) is 0 Å². The number of fused-ring (bicyclic) bond motifs is 1. The number of carbonyl (C=O) groups excluding carboxylic acids is 2. The lowest BCUT2D eigenvalue weighted by molar-refractivity contribution is -0.115. The van der Waals surface area contributed by atoms with Crippen LogP contribution in [0.1, 0.15) is 23.0 Å². The number of aromatic amines is 1. The van der Waals surface area contributed by atoms with E-state index >= 15 is 0 Å². The summed E-state index contributed by atoms with van der Waals surface area (Å²) in [7, 11) is 0. The maximum absolute atomic E-state index is 12.3. The highest BCUT2D eigenvalue weighted by atomic mass is 16.5. The summed E-state index contributed by atoms with van der Waals surface area (Å²) >= 11 is 0. The average molecular weight is 365 g/mol. The van der Waals surface area contributed by atoms with Crippen LogP contribution in [-0.2, 0) is 16.0 Å². The molecule has 0 atom stereocenters. The molecule has 0 radical (unpaired) electrons. The predicted molar refractivity (Wildman–Crippen MR) is 99.4 cm³/mol. The molecule has 1 fully saturated rings. The van der Waals surface area contributed by atoms with E-state index in [1.807, 2.05) is 25.1 Å². The molecule has 1 aliphatic rings. The Morgan fingerprint density at radius 2 is 2.11 bits per heavy atom. The number of carbonyl (C=O) groups is 2. The molecule has 3 heterocycles. The van der Waals surface area contributed by atoms with Crippen LogP contribution in [0, 0.1) is 0 Å². The highest BCUT2D eigenvalue weighted by molar-refractivity contribution is 5.96. The van der Waals surface area contributed by atoms with Gasteiger partial charge in [0.25, 0.3) is 5.91 Å². The van der Waals surface area contributed by atoms with Gasteiger partial charge in [0.2, 0.25) is 5.91 Å². The molecule has 3 aromatic rings. The molecular weight excluding hydrogens is 346 g/mol. The van der Waals surface area contributed by atoms with Gasteiger partial charge in [-0.25, -0.2) is 0 Å². The van der Waals surface area contributed by atoms with Crippen molar-refractivity contribution in [3.63, 3.8) is 0 Å². The zero-order chi connectivity index (χ0) is 18.9. The Morgan fingerprint density at radius 3 is 2.89 bits per heavy atom. The number of amides is 2. The summed E-state index contributed by atoms with van der Waals surface area (Å²) < 4.78 is 5.13. The standard InChI is InChI=1S/C19H19N5O3/c1-19(10-27-11-19)23-18(26)16-8-14(4-5-20-16)22-17(25)7-12-2-3-13-9-21-24-15(13)6-12/h2-6,8-9H,7,10-11H2,1H3,(H,21,24)(H,23,26)(H,20,22,25). The number of hydrogen-bond acceptors (Lipinski definition) is 5. The highest BCUT2D eigenvalue weighted by Crippen LogP contribution is 2.17. The lowest BCUT2D eigenvalue weighted by atomic mass is 10.0. The van der Waals surface area contributed by atoms with E-state index in [2.05, 4.69) is 25.8 Å². The number of ether oxygens (including phenoxy) is 1. The van der Waals surface area contributed by atoms with Crippen molar-refractivity contribution in [2.24, 2.45) is 0 Å². The Hall–Kier alpha value is -3.26. The lowest BCUT2D eigenvalue weighted by Gasteiger charge is -2.38. The minimum atomic E-state index is -0.358. The number of nitrogens with one attached hydrogen (secondary N) is 3. The van der Waals surface area contributed by atoms with Gasteiger partial charge in [0, 0.05) is 17.3 Å². The molecule has 1 aliphatic heterocycles. The third kappa shape index (κ3) is 3.80. The number of aromatic nitrogens is 3. The molecule has 2 aromatic heterocycles. The minimum Gasteiger partial charge on any atom is -0.376 e. The molecule has 3 N–H and O–H groups in total. The average Bonchev–Trinajstić information content (AvgIpc) is 3.08. The molecule has 27 heavy (non-hydrogen) atoms. The van der Waals surface area contributed by atoms with Crippen LogP contribution in [0.15, 0.2) is 42.7 Å². The molecular formula is C19H19N5O3. The van der Waals surface area contributed by atoms with Crippen molar-refractivity contribution in [2.75, 3.05) is 18.5 Å². The topological polar surface area (TPSA) is 109 Å². The van der Waals surface area contributed by atoms with Gasteiger partial charge in [-0.2, -0.15) is 5.10 Å². The molecule has 8 nitrogen and oxygen atoms in total. The van der Waals surface area contributed by atoms with Crippen molar-refractivity contribution in [1.82, 2.24) is 20.5 Å². The molecule has 0 bridgehead atoms. The highest BCUT2D eigenvalue weighted by Gasteiger charge is 2.35. The molecule has 0 saturated carbocycles. The predicted octanol–water partition coefficient (Wildman–Crippen LogP) is 1.66. The zero-order valence-corrected chi connectivity index (χ0v) is 14.8. The van der Waals surface area contributed by atoms with E-state index in [0.717, 1.165) is 16.5 Å². The number of benzene rings is 1. The Kier molecular flexibility index (Phi) is 4.33. The van der Waals surface area contributed by atoms with Crippen molar-refractivity contribution < 1.29 is 14.3 Å². The van der Waals surface area contributed by atoms with Crippen LogP contribution in [0.5, 0.6) is 0 Å². The molecule has 2 amide bonds. The summed E-state index contributed by atoms with van der Waals surface area (Å²) in [5.41, 5.74) is 2.17. The van der Waals surface area contributed by atoms with E-state index in [9.17, 15) is 9.59 Å². The van der Waals surface area contributed by atoms with Gasteiger partial charge in [0.1, 0.15) is 5.69 Å². The van der Waals surface area contributed by atoms with Gasteiger partial charge in [0.05, 0.1) is 36.9 Å². The molecule has 1 saturated heterocycles. The summed E-state index contributed by atoms with van der Waals surface area (Å²) in [6.07, 6.45) is 3.45. The first-order valence-corrected chi connectivity index (χ1v) is 8.59. The van der Waals surface area contributed by atoms with Gasteiger partial charge in [-0.05, 0) is 30.7 Å². The second kappa shape index (κ2) is 6.81. The largest absolute Gasteiger partial charge is 0.376 e. The number of pyridine rings is 1.